The second kappa shape index (κ2) is 10.0. The van der Waals surface area contributed by atoms with Gasteiger partial charge in [0.1, 0.15) is 23.7 Å². The van der Waals surface area contributed by atoms with Crippen molar-refractivity contribution in [3.8, 4) is 5.75 Å². The van der Waals surface area contributed by atoms with Crippen LogP contribution in [0.5, 0.6) is 5.75 Å². The molecule has 0 aromatic heterocycles. The summed E-state index contributed by atoms with van der Waals surface area (Å²) in [6.07, 6.45) is -2.32. The summed E-state index contributed by atoms with van der Waals surface area (Å²) in [4.78, 5) is 11.8. The summed E-state index contributed by atoms with van der Waals surface area (Å²) in [5.74, 6) is -1.23. The summed E-state index contributed by atoms with van der Waals surface area (Å²) in [6, 6.07) is 11.5. The number of ether oxygens (including phenoxy) is 3. The average Bonchev–Trinajstić information content (AvgIpc) is 2.87. The average molecular weight is 529 g/mol. The first-order chi connectivity index (χ1) is 16.9. The summed E-state index contributed by atoms with van der Waals surface area (Å²) in [5, 5.41) is 0. The van der Waals surface area contributed by atoms with Crippen LogP contribution in [-0.4, -0.2) is 46.9 Å². The van der Waals surface area contributed by atoms with Crippen molar-refractivity contribution in [2.24, 2.45) is 5.41 Å². The molecule has 0 N–H and O–H groups in total. The van der Waals surface area contributed by atoms with E-state index in [1.165, 1.54) is 6.07 Å². The van der Waals surface area contributed by atoms with Gasteiger partial charge in [0.2, 0.25) is 0 Å². The topological polar surface area (TPSA) is 88.1 Å². The van der Waals surface area contributed by atoms with E-state index in [4.69, 9.17) is 13.7 Å². The van der Waals surface area contributed by atoms with Crippen molar-refractivity contribution in [3.63, 3.8) is 0 Å². The van der Waals surface area contributed by atoms with E-state index >= 15 is 0 Å². The van der Waals surface area contributed by atoms with Gasteiger partial charge in [-0.15, -0.1) is 0 Å². The molecular weight excluding hydrogens is 501 g/mol. The molecule has 3 fully saturated rings. The molecule has 2 aromatic carbocycles. The van der Waals surface area contributed by atoms with Gasteiger partial charge < -0.3 is 14.2 Å². The fraction of sp³-hybridized carbons (Fsp3) is 0.480. The Kier molecular flexibility index (Phi) is 7.36. The lowest BCUT2D eigenvalue weighted by Crippen LogP contribution is -2.55. The van der Waals surface area contributed by atoms with Crippen LogP contribution in [0.15, 0.2) is 48.5 Å². The zero-order valence-electron chi connectivity index (χ0n) is 19.7. The minimum absolute atomic E-state index is 0.00182. The van der Waals surface area contributed by atoms with Crippen LogP contribution >= 0.6 is 0 Å². The van der Waals surface area contributed by atoms with Gasteiger partial charge in [-0.1, -0.05) is 30.3 Å². The smallest absolute Gasteiger partial charge is 0.416 e. The molecule has 7 nitrogen and oxygen atoms in total. The van der Waals surface area contributed by atoms with Gasteiger partial charge in [0, 0.05) is 5.41 Å². The molecule has 2 saturated heterocycles. The Bertz CT molecular complexity index is 1170. The van der Waals surface area contributed by atoms with Crippen LogP contribution in [-0.2, 0) is 35.7 Å². The molecule has 2 heterocycles. The van der Waals surface area contributed by atoms with Gasteiger partial charge in [-0.25, -0.2) is 4.79 Å². The van der Waals surface area contributed by atoms with Crippen molar-refractivity contribution in [2.45, 2.75) is 43.2 Å². The van der Waals surface area contributed by atoms with Crippen molar-refractivity contribution >= 4 is 16.1 Å². The van der Waals surface area contributed by atoms with E-state index in [9.17, 15) is 26.4 Å². The highest BCUT2D eigenvalue weighted by Gasteiger charge is 2.51. The Morgan fingerprint density at radius 2 is 1.72 bits per heavy atom. The van der Waals surface area contributed by atoms with Crippen LogP contribution in [0.2, 0.25) is 0 Å². The fourth-order valence-electron chi connectivity index (χ4n) is 4.53. The van der Waals surface area contributed by atoms with Crippen LogP contribution in [0.3, 0.4) is 0 Å². The Hall–Kier alpha value is -2.63. The molecule has 0 amide bonds. The van der Waals surface area contributed by atoms with Crippen LogP contribution in [0.1, 0.15) is 47.2 Å². The highest BCUT2D eigenvalue weighted by atomic mass is 32.2. The first-order valence-corrected chi connectivity index (χ1v) is 13.0. The van der Waals surface area contributed by atoms with Gasteiger partial charge in [0.25, 0.3) is 10.1 Å². The minimum atomic E-state index is -4.66. The molecule has 0 atom stereocenters. The van der Waals surface area contributed by atoms with Crippen molar-refractivity contribution in [1.29, 1.82) is 0 Å². The van der Waals surface area contributed by atoms with E-state index in [-0.39, 0.29) is 36.9 Å². The van der Waals surface area contributed by atoms with E-state index in [0.29, 0.717) is 31.2 Å². The highest BCUT2D eigenvalue weighted by Crippen LogP contribution is 2.49. The second-order valence-corrected chi connectivity index (χ2v) is 11.1. The lowest BCUT2D eigenvalue weighted by Gasteiger charge is -2.52. The van der Waals surface area contributed by atoms with E-state index in [2.05, 4.69) is 4.74 Å². The number of halogens is 3. The number of benzene rings is 2. The maximum atomic E-state index is 13.3. The molecule has 3 aliphatic rings. The van der Waals surface area contributed by atoms with E-state index in [1.54, 1.807) is 30.3 Å². The summed E-state index contributed by atoms with van der Waals surface area (Å²) < 4.78 is 86.4. The van der Waals surface area contributed by atoms with Crippen LogP contribution < -0.4 is 4.74 Å². The van der Waals surface area contributed by atoms with Crippen LogP contribution in [0.4, 0.5) is 13.2 Å². The van der Waals surface area contributed by atoms with Crippen molar-refractivity contribution < 1.29 is 44.8 Å². The molecule has 1 saturated carbocycles. The molecule has 0 unspecified atom stereocenters. The number of alkyl halides is 3. The number of hydrogen-bond acceptors (Lipinski definition) is 7. The standard InChI is InChI=1S/C25H27F3O7S/c1-32-22(29)19-11-20(25(26,27)28)13-21(12-19)33-17-24-9-7-23(8-10-24,15-34-24)16-35-36(30,31)14-18-5-3-2-4-6-18/h2-6,11-13H,7-10,14-17H2,1H3. The second-order valence-electron chi connectivity index (χ2n) is 9.45. The first-order valence-electron chi connectivity index (χ1n) is 11.4. The monoisotopic (exact) mass is 528 g/mol. The van der Waals surface area contributed by atoms with Gasteiger partial charge >= 0.3 is 12.1 Å². The molecule has 0 spiro atoms. The number of methoxy groups -OCH3 is 1. The molecule has 11 heteroatoms. The third-order valence-corrected chi connectivity index (χ3v) is 7.96. The van der Waals surface area contributed by atoms with Crippen molar-refractivity contribution in [3.05, 3.63) is 65.2 Å². The molecule has 2 aliphatic heterocycles. The Morgan fingerprint density at radius 3 is 2.31 bits per heavy atom. The lowest BCUT2D eigenvalue weighted by atomic mass is 9.67. The molecule has 1 aliphatic carbocycles. The summed E-state index contributed by atoms with van der Waals surface area (Å²) >= 11 is 0. The quantitative estimate of drug-likeness (QED) is 0.343. The predicted octanol–water partition coefficient (Wildman–Crippen LogP) is 4.75. The fourth-order valence-corrected chi connectivity index (χ4v) is 5.65. The van der Waals surface area contributed by atoms with E-state index < -0.39 is 38.8 Å². The molecule has 36 heavy (non-hydrogen) atoms. The number of esters is 1. The molecule has 0 radical (unpaired) electrons. The van der Waals surface area contributed by atoms with Gasteiger partial charge in [-0.3, -0.25) is 4.18 Å². The van der Waals surface area contributed by atoms with E-state index in [1.807, 2.05) is 0 Å². The minimum Gasteiger partial charge on any atom is -0.491 e. The van der Waals surface area contributed by atoms with Crippen molar-refractivity contribution in [2.75, 3.05) is 26.9 Å². The predicted molar refractivity (Wildman–Crippen MR) is 123 cm³/mol. The van der Waals surface area contributed by atoms with Crippen LogP contribution in [0.25, 0.3) is 0 Å². The van der Waals surface area contributed by atoms with Crippen LogP contribution in [0, 0.1) is 5.41 Å². The third-order valence-electron chi connectivity index (χ3n) is 6.79. The Labute approximate surface area is 207 Å². The Balaban J connectivity index is 1.36. The molecule has 2 bridgehead atoms. The Morgan fingerprint density at radius 1 is 1.03 bits per heavy atom. The molecule has 2 aromatic rings. The van der Waals surface area contributed by atoms with Gasteiger partial charge in [0.15, 0.2) is 0 Å². The molecule has 5 rings (SSSR count). The summed E-state index contributed by atoms with van der Waals surface area (Å²) in [6.45, 7) is 0.264. The van der Waals surface area contributed by atoms with Gasteiger partial charge in [0.05, 0.1) is 31.5 Å². The normalized spacial score (nSPS) is 23.9. The number of carbonyl (C=O) groups is 1. The zero-order chi connectivity index (χ0) is 26.0. The number of fused-ring (bicyclic) bond motifs is 3. The number of rotatable bonds is 9. The summed E-state index contributed by atoms with van der Waals surface area (Å²) in [5.41, 5.74) is -1.79. The zero-order valence-corrected chi connectivity index (χ0v) is 20.5. The lowest BCUT2D eigenvalue weighted by molar-refractivity contribution is -0.202. The number of carbonyl (C=O) groups excluding carboxylic acids is 1. The largest absolute Gasteiger partial charge is 0.491 e. The SMILES string of the molecule is COC(=O)c1cc(OCC23CCC(COS(=O)(=O)Cc4ccccc4)(CC2)CO3)cc(C(F)(F)F)c1. The van der Waals surface area contributed by atoms with E-state index in [0.717, 1.165) is 19.2 Å². The van der Waals surface area contributed by atoms with Gasteiger partial charge in [-0.05, 0) is 49.4 Å². The number of hydrogen-bond donors (Lipinski definition) is 0. The maximum absolute atomic E-state index is 13.3. The third kappa shape index (κ3) is 6.19. The van der Waals surface area contributed by atoms with Crippen molar-refractivity contribution in [1.82, 2.24) is 0 Å². The highest BCUT2D eigenvalue weighted by molar-refractivity contribution is 7.85. The van der Waals surface area contributed by atoms with Gasteiger partial charge in [-0.2, -0.15) is 21.6 Å². The molecule has 196 valence electrons. The first kappa shape index (κ1) is 26.4. The summed E-state index contributed by atoms with van der Waals surface area (Å²) in [7, 11) is -2.68. The molecular formula is C25H27F3O7S. The maximum Gasteiger partial charge on any atom is 0.416 e.